The number of hydrogen-bond donors (Lipinski definition) is 0. The predicted molar refractivity (Wildman–Crippen MR) is 266 cm³/mol. The number of para-hydroxylation sites is 1. The first-order chi connectivity index (χ1) is 32.5. The van der Waals surface area contributed by atoms with Gasteiger partial charge in [-0.1, -0.05) is 100 Å². The van der Waals surface area contributed by atoms with Crippen molar-refractivity contribution in [2.45, 2.75) is 192 Å². The van der Waals surface area contributed by atoms with Gasteiger partial charge in [0.1, 0.15) is 11.5 Å². The molecule has 14 rings (SSSR count). The average molecular weight is 879 g/mol. The molecule has 11 unspecified atom stereocenters. The van der Waals surface area contributed by atoms with E-state index in [1.165, 1.54) is 136 Å². The second-order valence-corrected chi connectivity index (χ2v) is 24.1. The van der Waals surface area contributed by atoms with Gasteiger partial charge >= 0.3 is 0 Å². The summed E-state index contributed by atoms with van der Waals surface area (Å²) < 4.78 is 9.89. The van der Waals surface area contributed by atoms with Crippen LogP contribution in [0.1, 0.15) is 176 Å². The van der Waals surface area contributed by atoms with Gasteiger partial charge < -0.3 is 18.8 Å². The molecule has 0 saturated heterocycles. The third-order valence-corrected chi connectivity index (χ3v) is 21.0. The lowest BCUT2D eigenvalue weighted by Gasteiger charge is -2.58. The van der Waals surface area contributed by atoms with Crippen LogP contribution in [0.2, 0.25) is 0 Å². The van der Waals surface area contributed by atoms with E-state index in [0.29, 0.717) is 47.3 Å². The summed E-state index contributed by atoms with van der Waals surface area (Å²) in [4.78, 5) is 6.23. The van der Waals surface area contributed by atoms with Crippen LogP contribution in [0.3, 0.4) is 0 Å². The van der Waals surface area contributed by atoms with E-state index in [1.54, 1.807) is 28.1 Å². The van der Waals surface area contributed by atoms with Crippen molar-refractivity contribution < 1.29 is 4.42 Å². The summed E-state index contributed by atoms with van der Waals surface area (Å²) in [6.45, 7) is 5.22. The van der Waals surface area contributed by atoms with Gasteiger partial charge in [-0.15, -0.1) is 0 Å². The molecule has 4 fully saturated rings. The average Bonchev–Trinajstić information content (AvgIpc) is 4.07. The van der Waals surface area contributed by atoms with Crippen molar-refractivity contribution in [3.8, 4) is 6.07 Å². The Kier molecular flexibility index (Phi) is 9.71. The maximum absolute atomic E-state index is 11.6. The summed E-state index contributed by atoms with van der Waals surface area (Å²) in [6.07, 6.45) is 44.0. The minimum atomic E-state index is -0.0229. The molecule has 11 atom stereocenters. The van der Waals surface area contributed by atoms with Crippen molar-refractivity contribution >= 4 is 22.6 Å². The van der Waals surface area contributed by atoms with Gasteiger partial charge in [-0.2, -0.15) is 5.26 Å². The van der Waals surface area contributed by atoms with E-state index in [0.717, 1.165) is 62.7 Å². The number of nitriles is 1. The van der Waals surface area contributed by atoms with Crippen LogP contribution < -0.4 is 0 Å². The number of aromatic nitrogens is 1. The minimum Gasteiger partial charge on any atom is -0.461 e. The van der Waals surface area contributed by atoms with E-state index in [4.69, 9.17) is 4.42 Å². The van der Waals surface area contributed by atoms with Gasteiger partial charge in [0.25, 0.3) is 0 Å². The van der Waals surface area contributed by atoms with Crippen molar-refractivity contribution in [1.29, 1.82) is 5.26 Å². The van der Waals surface area contributed by atoms with Gasteiger partial charge in [0.2, 0.25) is 0 Å². The lowest BCUT2D eigenvalue weighted by Crippen LogP contribution is -2.61. The van der Waals surface area contributed by atoms with Crippen molar-refractivity contribution in [1.82, 2.24) is 14.4 Å². The van der Waals surface area contributed by atoms with Crippen molar-refractivity contribution in [2.75, 3.05) is 0 Å². The number of nitrogens with zero attached hydrogens (tertiary/aromatic N) is 4. The van der Waals surface area contributed by atoms with Gasteiger partial charge in [0.05, 0.1) is 24.1 Å². The molecule has 0 bridgehead atoms. The molecule has 0 radical (unpaired) electrons. The number of benzene rings is 1. The lowest BCUT2D eigenvalue weighted by molar-refractivity contribution is -0.00877. The highest BCUT2D eigenvalue weighted by Gasteiger charge is 2.57. The molecule has 11 aliphatic rings. The molecular formula is C61H74N4O. The fraction of sp³-hybridized carbons (Fsp3) is 0.623. The molecule has 66 heavy (non-hydrogen) atoms. The maximum atomic E-state index is 11.6. The van der Waals surface area contributed by atoms with Crippen LogP contribution in [-0.4, -0.2) is 38.5 Å². The van der Waals surface area contributed by atoms with Crippen molar-refractivity contribution in [3.05, 3.63) is 106 Å². The van der Waals surface area contributed by atoms with Gasteiger partial charge in [0.15, 0.2) is 0 Å². The fourth-order valence-electron chi connectivity index (χ4n) is 18.1. The minimum absolute atomic E-state index is 0.0229. The number of aryl methyl sites for hydroxylation is 1. The Bertz CT molecular complexity index is 2650. The van der Waals surface area contributed by atoms with E-state index >= 15 is 0 Å². The van der Waals surface area contributed by atoms with E-state index in [1.807, 2.05) is 5.57 Å². The lowest BCUT2D eigenvalue weighted by atomic mass is 9.66. The molecule has 1 aromatic carbocycles. The summed E-state index contributed by atoms with van der Waals surface area (Å²) in [5.74, 6) is 6.40. The maximum Gasteiger partial charge on any atom is 0.135 e. The molecule has 4 heterocycles. The molecular weight excluding hydrogens is 805 g/mol. The molecule has 5 heteroatoms. The van der Waals surface area contributed by atoms with Gasteiger partial charge in [-0.05, 0) is 150 Å². The van der Waals surface area contributed by atoms with Crippen LogP contribution in [-0.2, 0) is 25.7 Å². The number of hydrogen-bond acceptors (Lipinski definition) is 4. The van der Waals surface area contributed by atoms with Crippen LogP contribution in [0, 0.1) is 58.2 Å². The number of fused-ring (bicyclic) bond motifs is 12. The Morgan fingerprint density at radius 2 is 1.58 bits per heavy atom. The SMILES string of the molecule is CC1(C)C2CCC(C3=CC(C4CC(C#N)C(n5c6c(c7ccccc75)C=CCC6)CC4N4C5=C(c6oc7c(c6CC5)CCCC7)C5CCCCC54)N3C3CCCCC3)C=C2C2CC=CCC21. The molecule has 0 N–H and O–H groups in total. The third-order valence-electron chi connectivity index (χ3n) is 21.0. The summed E-state index contributed by atoms with van der Waals surface area (Å²) >= 11 is 0. The van der Waals surface area contributed by atoms with Gasteiger partial charge in [-0.3, -0.25) is 0 Å². The third kappa shape index (κ3) is 5.93. The monoisotopic (exact) mass is 879 g/mol. The molecule has 3 aromatic rings. The Morgan fingerprint density at radius 3 is 2.48 bits per heavy atom. The standard InChI is InChI=1S/C61H74N4O/c1-61(2)48-23-11-6-18-40(48)46-32-37(28-30-49(46)61)54-34-56(63(54)39-16-4-3-5-17-39)47-33-38(36-62)55(64-50-24-12-7-19-41(50)42-20-8-13-25-51(42)64)35-57(47)65-52-26-14-9-22-45(52)59-53(65)31-29-44-43-21-10-15-27-58(43)66-60(44)59/h6-8,11-12,19-20,24,32,34,37-40,45,47-49,52,55-57H,3-5,9-10,13-18,21-23,25-31,33,35H2,1-2H3. The molecule has 5 nitrogen and oxygen atoms in total. The van der Waals surface area contributed by atoms with Crippen molar-refractivity contribution in [3.63, 3.8) is 0 Å². The first-order valence-electron chi connectivity index (χ1n) is 27.7. The Labute approximate surface area is 395 Å². The second-order valence-electron chi connectivity index (χ2n) is 24.1. The molecule has 2 aliphatic heterocycles. The molecule has 0 spiro atoms. The molecule has 2 aromatic heterocycles. The highest BCUT2D eigenvalue weighted by atomic mass is 16.3. The van der Waals surface area contributed by atoms with E-state index in [-0.39, 0.29) is 12.0 Å². The normalized spacial score (nSPS) is 36.6. The van der Waals surface area contributed by atoms with Crippen LogP contribution in [0.4, 0.5) is 0 Å². The topological polar surface area (TPSA) is 48.3 Å². The van der Waals surface area contributed by atoms with Crippen molar-refractivity contribution in [2.24, 2.45) is 46.8 Å². The highest BCUT2D eigenvalue weighted by Crippen LogP contribution is 2.63. The van der Waals surface area contributed by atoms with Crippen LogP contribution in [0.25, 0.3) is 22.6 Å². The van der Waals surface area contributed by atoms with E-state index in [2.05, 4.69) is 95.0 Å². The molecule has 9 aliphatic carbocycles. The summed E-state index contributed by atoms with van der Waals surface area (Å²) in [7, 11) is 0. The van der Waals surface area contributed by atoms with Gasteiger partial charge in [-0.25, -0.2) is 0 Å². The van der Waals surface area contributed by atoms with E-state index < -0.39 is 0 Å². The largest absolute Gasteiger partial charge is 0.461 e. The summed E-state index contributed by atoms with van der Waals surface area (Å²) in [6, 6.07) is 14.4. The zero-order valence-electron chi connectivity index (χ0n) is 40.2. The quantitative estimate of drug-likeness (QED) is 0.240. The zero-order valence-corrected chi connectivity index (χ0v) is 40.2. The Hall–Kier alpha value is -4.17. The zero-order chi connectivity index (χ0) is 43.8. The first-order valence-corrected chi connectivity index (χ1v) is 27.7. The van der Waals surface area contributed by atoms with Gasteiger partial charge in [0, 0.05) is 87.0 Å². The Morgan fingerprint density at radius 1 is 0.727 bits per heavy atom. The number of allylic oxidation sites excluding steroid dienone is 6. The first kappa shape index (κ1) is 40.9. The second kappa shape index (κ2) is 15.7. The van der Waals surface area contributed by atoms with E-state index in [9.17, 15) is 5.26 Å². The number of furan rings is 1. The predicted octanol–water partition coefficient (Wildman–Crippen LogP) is 14.2. The summed E-state index contributed by atoms with van der Waals surface area (Å²) in [5, 5.41) is 13.0. The Balaban J connectivity index is 0.908. The molecule has 0 amide bonds. The summed E-state index contributed by atoms with van der Waals surface area (Å²) in [5.41, 5.74) is 14.6. The highest BCUT2D eigenvalue weighted by molar-refractivity contribution is 5.92. The van der Waals surface area contributed by atoms with Crippen LogP contribution in [0.5, 0.6) is 0 Å². The molecule has 344 valence electrons. The smallest absolute Gasteiger partial charge is 0.135 e. The van der Waals surface area contributed by atoms with Crippen LogP contribution in [0.15, 0.2) is 76.0 Å². The fourth-order valence-corrected chi connectivity index (χ4v) is 18.1. The van der Waals surface area contributed by atoms with Crippen LogP contribution >= 0.6 is 0 Å². The number of rotatable bonds is 5. The molecule has 4 saturated carbocycles.